The third kappa shape index (κ3) is 2.74. The first-order valence-corrected chi connectivity index (χ1v) is 7.79. The van der Waals surface area contributed by atoms with Gasteiger partial charge in [0.2, 0.25) is 0 Å². The van der Waals surface area contributed by atoms with Crippen LogP contribution in [0.1, 0.15) is 24.7 Å². The predicted octanol–water partition coefficient (Wildman–Crippen LogP) is 2.30. The zero-order valence-electron chi connectivity index (χ0n) is 12.4. The number of rotatable bonds is 4. The van der Waals surface area contributed by atoms with Crippen molar-refractivity contribution >= 4 is 11.1 Å². The lowest BCUT2D eigenvalue weighted by molar-refractivity contribution is 0.195. The Hall–Kier alpha value is -2.21. The second kappa shape index (κ2) is 5.88. The Morgan fingerprint density at radius 3 is 2.59 bits per heavy atom. The summed E-state index contributed by atoms with van der Waals surface area (Å²) in [7, 11) is 0. The van der Waals surface area contributed by atoms with Gasteiger partial charge < -0.3 is 13.9 Å². The van der Waals surface area contributed by atoms with Gasteiger partial charge in [-0.1, -0.05) is 12.1 Å². The molecule has 0 unspecified atom stereocenters. The Kier molecular flexibility index (Phi) is 3.60. The summed E-state index contributed by atoms with van der Waals surface area (Å²) in [6, 6.07) is 7.99. The van der Waals surface area contributed by atoms with Gasteiger partial charge in [0.1, 0.15) is 18.2 Å². The molecule has 1 aliphatic heterocycles. The number of likely N-dealkylation sites (tertiary alicyclic amines) is 1. The van der Waals surface area contributed by atoms with Crippen molar-refractivity contribution in [2.75, 3.05) is 19.6 Å². The molecule has 0 radical (unpaired) electrons. The molecule has 3 aromatic rings. The van der Waals surface area contributed by atoms with E-state index in [-0.39, 0.29) is 0 Å². The molecule has 1 saturated heterocycles. The van der Waals surface area contributed by atoms with E-state index in [0.717, 1.165) is 56.0 Å². The summed E-state index contributed by atoms with van der Waals surface area (Å²) in [5, 5.41) is 7.66. The summed E-state index contributed by atoms with van der Waals surface area (Å²) in [6.45, 7) is 4.16. The maximum absolute atomic E-state index is 5.91. The molecule has 114 valence electrons. The Morgan fingerprint density at radius 1 is 1.05 bits per heavy atom. The summed E-state index contributed by atoms with van der Waals surface area (Å²) in [6.07, 6.45) is 5.75. The number of para-hydroxylation sites is 2. The number of oxazole rings is 1. The van der Waals surface area contributed by atoms with Gasteiger partial charge in [-0.2, -0.15) is 0 Å². The molecular formula is C16H19N5O. The third-order valence-corrected chi connectivity index (χ3v) is 4.39. The van der Waals surface area contributed by atoms with Crippen molar-refractivity contribution < 1.29 is 4.42 Å². The molecule has 22 heavy (non-hydrogen) atoms. The molecule has 0 atom stereocenters. The van der Waals surface area contributed by atoms with E-state index in [9.17, 15) is 0 Å². The molecule has 1 fully saturated rings. The largest absolute Gasteiger partial charge is 0.440 e. The fraction of sp³-hybridized carbons (Fsp3) is 0.438. The first-order valence-electron chi connectivity index (χ1n) is 7.79. The van der Waals surface area contributed by atoms with Crippen LogP contribution in [0.2, 0.25) is 0 Å². The summed E-state index contributed by atoms with van der Waals surface area (Å²) >= 11 is 0. The molecule has 1 aromatic carbocycles. The molecule has 0 N–H and O–H groups in total. The minimum Gasteiger partial charge on any atom is -0.440 e. The quantitative estimate of drug-likeness (QED) is 0.739. The highest BCUT2D eigenvalue weighted by molar-refractivity contribution is 5.72. The molecule has 2 aromatic heterocycles. The Balaban J connectivity index is 1.35. The van der Waals surface area contributed by atoms with Crippen LogP contribution in [0, 0.1) is 0 Å². The fourth-order valence-electron chi connectivity index (χ4n) is 3.06. The summed E-state index contributed by atoms with van der Waals surface area (Å²) < 4.78 is 7.93. The van der Waals surface area contributed by atoms with Gasteiger partial charge in [-0.3, -0.25) is 0 Å². The van der Waals surface area contributed by atoms with Crippen molar-refractivity contribution in [3.63, 3.8) is 0 Å². The second-order valence-electron chi connectivity index (χ2n) is 5.84. The van der Waals surface area contributed by atoms with Crippen molar-refractivity contribution in [1.82, 2.24) is 24.6 Å². The molecular weight excluding hydrogens is 278 g/mol. The van der Waals surface area contributed by atoms with Crippen LogP contribution in [0.4, 0.5) is 0 Å². The number of piperidine rings is 1. The van der Waals surface area contributed by atoms with E-state index in [4.69, 9.17) is 4.42 Å². The fourth-order valence-corrected chi connectivity index (χ4v) is 3.06. The van der Waals surface area contributed by atoms with Crippen molar-refractivity contribution in [3.05, 3.63) is 42.8 Å². The smallest absolute Gasteiger partial charge is 0.198 e. The lowest BCUT2D eigenvalue weighted by Crippen LogP contribution is -2.35. The number of hydrogen-bond donors (Lipinski definition) is 0. The second-order valence-corrected chi connectivity index (χ2v) is 5.84. The van der Waals surface area contributed by atoms with Gasteiger partial charge in [-0.25, -0.2) is 4.98 Å². The van der Waals surface area contributed by atoms with E-state index in [1.165, 1.54) is 0 Å². The lowest BCUT2D eigenvalue weighted by atomic mass is 9.97. The van der Waals surface area contributed by atoms with Crippen LogP contribution in [-0.2, 0) is 6.54 Å². The van der Waals surface area contributed by atoms with Gasteiger partial charge in [-0.15, -0.1) is 10.2 Å². The van der Waals surface area contributed by atoms with Crippen LogP contribution < -0.4 is 0 Å². The van der Waals surface area contributed by atoms with Crippen LogP contribution in [0.15, 0.2) is 41.3 Å². The summed E-state index contributed by atoms with van der Waals surface area (Å²) in [5.41, 5.74) is 1.86. The first-order chi connectivity index (χ1) is 10.9. The minimum atomic E-state index is 0.443. The van der Waals surface area contributed by atoms with Crippen LogP contribution >= 0.6 is 0 Å². The average molecular weight is 297 g/mol. The van der Waals surface area contributed by atoms with E-state index in [2.05, 4.69) is 20.1 Å². The molecule has 0 aliphatic carbocycles. The van der Waals surface area contributed by atoms with Crippen LogP contribution in [0.3, 0.4) is 0 Å². The van der Waals surface area contributed by atoms with Gasteiger partial charge in [-0.05, 0) is 38.1 Å². The van der Waals surface area contributed by atoms with Gasteiger partial charge in [0.15, 0.2) is 11.5 Å². The van der Waals surface area contributed by atoms with E-state index >= 15 is 0 Å². The molecule has 6 nitrogen and oxygen atoms in total. The number of nitrogens with zero attached hydrogens (tertiary/aromatic N) is 5. The van der Waals surface area contributed by atoms with Crippen molar-refractivity contribution in [2.45, 2.75) is 25.3 Å². The third-order valence-electron chi connectivity index (χ3n) is 4.39. The zero-order valence-corrected chi connectivity index (χ0v) is 12.4. The Labute approximate surface area is 128 Å². The van der Waals surface area contributed by atoms with Crippen molar-refractivity contribution in [2.24, 2.45) is 0 Å². The standard InChI is InChI=1S/C16H19N5O/c1-2-4-15-14(3-1)19-16(22-15)13-5-7-20(8-6-13)9-10-21-11-17-18-12-21/h1-4,11-13H,5-10H2. The van der Waals surface area contributed by atoms with Crippen LogP contribution in [-0.4, -0.2) is 44.3 Å². The van der Waals surface area contributed by atoms with E-state index in [0.29, 0.717) is 5.92 Å². The molecule has 3 heterocycles. The molecule has 0 spiro atoms. The van der Waals surface area contributed by atoms with Gasteiger partial charge in [0.25, 0.3) is 0 Å². The maximum Gasteiger partial charge on any atom is 0.198 e. The van der Waals surface area contributed by atoms with Gasteiger partial charge in [0.05, 0.1) is 0 Å². The average Bonchev–Trinajstić information content (AvgIpc) is 3.22. The molecule has 0 bridgehead atoms. The highest BCUT2D eigenvalue weighted by Crippen LogP contribution is 2.29. The topological polar surface area (TPSA) is 60.0 Å². The highest BCUT2D eigenvalue weighted by Gasteiger charge is 2.24. The van der Waals surface area contributed by atoms with E-state index in [1.807, 2.05) is 28.8 Å². The molecule has 1 aliphatic rings. The van der Waals surface area contributed by atoms with E-state index < -0.39 is 0 Å². The number of benzene rings is 1. The maximum atomic E-state index is 5.91. The lowest BCUT2D eigenvalue weighted by Gasteiger charge is -2.30. The number of hydrogen-bond acceptors (Lipinski definition) is 5. The summed E-state index contributed by atoms with van der Waals surface area (Å²) in [4.78, 5) is 7.13. The number of fused-ring (bicyclic) bond motifs is 1. The van der Waals surface area contributed by atoms with E-state index in [1.54, 1.807) is 12.7 Å². The highest BCUT2D eigenvalue weighted by atomic mass is 16.3. The molecule has 4 rings (SSSR count). The molecule has 0 amide bonds. The SMILES string of the molecule is c1ccc2oc(C3CCN(CCn4cnnc4)CC3)nc2c1. The zero-order chi connectivity index (χ0) is 14.8. The Morgan fingerprint density at radius 2 is 1.82 bits per heavy atom. The molecule has 0 saturated carbocycles. The normalized spacial score (nSPS) is 17.3. The first kappa shape index (κ1) is 13.5. The van der Waals surface area contributed by atoms with Crippen molar-refractivity contribution in [3.8, 4) is 0 Å². The monoisotopic (exact) mass is 297 g/mol. The predicted molar refractivity (Wildman–Crippen MR) is 82.4 cm³/mol. The van der Waals surface area contributed by atoms with Crippen molar-refractivity contribution in [1.29, 1.82) is 0 Å². The number of aromatic nitrogens is 4. The molecule has 6 heteroatoms. The van der Waals surface area contributed by atoms with Gasteiger partial charge >= 0.3 is 0 Å². The van der Waals surface area contributed by atoms with Gasteiger partial charge in [0, 0.05) is 19.0 Å². The van der Waals surface area contributed by atoms with Crippen LogP contribution in [0.25, 0.3) is 11.1 Å². The minimum absolute atomic E-state index is 0.443. The summed E-state index contributed by atoms with van der Waals surface area (Å²) in [5.74, 6) is 1.35. The Bertz CT molecular complexity index is 695. The van der Waals surface area contributed by atoms with Crippen LogP contribution in [0.5, 0.6) is 0 Å².